The highest BCUT2D eigenvalue weighted by Gasteiger charge is 2.17. The second-order valence-electron chi connectivity index (χ2n) is 4.44. The lowest BCUT2D eigenvalue weighted by atomic mass is 10.1. The van der Waals surface area contributed by atoms with Gasteiger partial charge in [-0.05, 0) is 25.3 Å². The van der Waals surface area contributed by atoms with Gasteiger partial charge in [-0.15, -0.1) is 0 Å². The first-order valence-corrected chi connectivity index (χ1v) is 5.66. The van der Waals surface area contributed by atoms with E-state index in [1.165, 1.54) is 11.1 Å². The maximum atomic E-state index is 12.9. The lowest BCUT2D eigenvalue weighted by molar-refractivity contribution is 0.145. The Morgan fingerprint density at radius 2 is 2.07 bits per heavy atom. The van der Waals surface area contributed by atoms with Crippen LogP contribution in [0.5, 0.6) is 0 Å². The quantitative estimate of drug-likeness (QED) is 0.720. The van der Waals surface area contributed by atoms with E-state index in [2.05, 4.69) is 36.1 Å². The molecule has 1 heterocycles. The molecule has 1 nitrogen and oxygen atoms in total. The van der Waals surface area contributed by atoms with Crippen molar-refractivity contribution in [1.29, 1.82) is 0 Å². The van der Waals surface area contributed by atoms with Crippen LogP contribution in [0.4, 0.5) is 4.39 Å². The number of rotatable bonds is 2. The molecule has 15 heavy (non-hydrogen) atoms. The van der Waals surface area contributed by atoms with Crippen LogP contribution in [0.15, 0.2) is 24.3 Å². The number of likely N-dealkylation sites (tertiary alicyclic amines) is 1. The van der Waals surface area contributed by atoms with Crippen molar-refractivity contribution in [2.75, 3.05) is 13.1 Å². The molecule has 1 aromatic rings. The number of alkyl halides is 1. The van der Waals surface area contributed by atoms with E-state index in [-0.39, 0.29) is 0 Å². The Bertz CT molecular complexity index is 316. The number of hydrogen-bond acceptors (Lipinski definition) is 1. The Kier molecular flexibility index (Phi) is 3.37. The summed E-state index contributed by atoms with van der Waals surface area (Å²) in [7, 11) is 0. The molecule has 0 aromatic heterocycles. The first kappa shape index (κ1) is 10.6. The summed E-state index contributed by atoms with van der Waals surface area (Å²) in [6.07, 6.45) is 0.830. The third-order valence-electron chi connectivity index (χ3n) is 3.01. The predicted octanol–water partition coefficient (Wildman–Crippen LogP) is 2.93. The number of aryl methyl sites for hydroxylation is 1. The molecule has 0 bridgehead atoms. The maximum absolute atomic E-state index is 12.9. The zero-order valence-electron chi connectivity index (χ0n) is 9.25. The molecule has 0 unspecified atom stereocenters. The molecule has 2 rings (SSSR count). The van der Waals surface area contributed by atoms with Gasteiger partial charge in [-0.25, -0.2) is 4.39 Å². The van der Waals surface area contributed by atoms with Crippen molar-refractivity contribution in [1.82, 2.24) is 4.90 Å². The molecule has 0 N–H and O–H groups in total. The highest BCUT2D eigenvalue weighted by molar-refractivity contribution is 5.22. The second-order valence-corrected chi connectivity index (χ2v) is 4.44. The molecule has 0 atom stereocenters. The van der Waals surface area contributed by atoms with Crippen LogP contribution in [-0.4, -0.2) is 24.2 Å². The second kappa shape index (κ2) is 4.75. The van der Waals surface area contributed by atoms with Crippen LogP contribution >= 0.6 is 0 Å². The molecule has 1 aliphatic heterocycles. The topological polar surface area (TPSA) is 3.24 Å². The van der Waals surface area contributed by atoms with E-state index >= 15 is 0 Å². The van der Waals surface area contributed by atoms with E-state index in [4.69, 9.17) is 0 Å². The smallest absolute Gasteiger partial charge is 0.103 e. The SMILES string of the molecule is Cc1cccc(CN2CCC(F)CC2)c1. The first-order chi connectivity index (χ1) is 7.24. The van der Waals surface area contributed by atoms with E-state index in [1.54, 1.807) is 0 Å². The Labute approximate surface area is 90.9 Å². The monoisotopic (exact) mass is 207 g/mol. The van der Waals surface area contributed by atoms with Crippen molar-refractivity contribution in [3.05, 3.63) is 35.4 Å². The van der Waals surface area contributed by atoms with Gasteiger partial charge in [0.05, 0.1) is 0 Å². The molecule has 1 fully saturated rings. The van der Waals surface area contributed by atoms with E-state index in [9.17, 15) is 4.39 Å². The molecule has 82 valence electrons. The summed E-state index contributed by atoms with van der Waals surface area (Å²) >= 11 is 0. The third-order valence-corrected chi connectivity index (χ3v) is 3.01. The van der Waals surface area contributed by atoms with E-state index < -0.39 is 6.17 Å². The summed E-state index contributed by atoms with van der Waals surface area (Å²) in [4.78, 5) is 2.34. The fourth-order valence-electron chi connectivity index (χ4n) is 2.13. The Hall–Kier alpha value is -0.890. The summed E-state index contributed by atoms with van der Waals surface area (Å²) in [5, 5.41) is 0. The standard InChI is InChI=1S/C13H18FN/c1-11-3-2-4-12(9-11)10-15-7-5-13(14)6-8-15/h2-4,9,13H,5-8,10H2,1H3. The van der Waals surface area contributed by atoms with Gasteiger partial charge in [0.1, 0.15) is 6.17 Å². The Morgan fingerprint density at radius 1 is 1.33 bits per heavy atom. The van der Waals surface area contributed by atoms with Crippen molar-refractivity contribution in [2.24, 2.45) is 0 Å². The van der Waals surface area contributed by atoms with Crippen LogP contribution < -0.4 is 0 Å². The minimum absolute atomic E-state index is 0.571. The van der Waals surface area contributed by atoms with E-state index in [0.717, 1.165) is 19.6 Å². The third kappa shape index (κ3) is 3.03. The maximum Gasteiger partial charge on any atom is 0.103 e. The van der Waals surface area contributed by atoms with Crippen molar-refractivity contribution < 1.29 is 4.39 Å². The Morgan fingerprint density at radius 3 is 2.73 bits per heavy atom. The molecular formula is C13H18FN. The zero-order chi connectivity index (χ0) is 10.7. The van der Waals surface area contributed by atoms with Crippen molar-refractivity contribution in [2.45, 2.75) is 32.5 Å². The fourth-order valence-corrected chi connectivity index (χ4v) is 2.13. The number of benzene rings is 1. The molecule has 1 aliphatic rings. The minimum Gasteiger partial charge on any atom is -0.299 e. The number of hydrogen-bond donors (Lipinski definition) is 0. The molecular weight excluding hydrogens is 189 g/mol. The molecule has 1 saturated heterocycles. The van der Waals surface area contributed by atoms with E-state index in [1.807, 2.05) is 0 Å². The minimum atomic E-state index is -0.571. The molecule has 2 heteroatoms. The van der Waals surface area contributed by atoms with Gasteiger partial charge in [-0.3, -0.25) is 4.90 Å². The summed E-state index contributed by atoms with van der Waals surface area (Å²) in [6, 6.07) is 8.56. The average molecular weight is 207 g/mol. The normalized spacial score (nSPS) is 19.3. The van der Waals surface area contributed by atoms with Gasteiger partial charge in [0, 0.05) is 19.6 Å². The molecule has 0 saturated carbocycles. The van der Waals surface area contributed by atoms with Gasteiger partial charge in [-0.2, -0.15) is 0 Å². The fraction of sp³-hybridized carbons (Fsp3) is 0.538. The van der Waals surface area contributed by atoms with Gasteiger partial charge in [-0.1, -0.05) is 29.8 Å². The largest absolute Gasteiger partial charge is 0.299 e. The van der Waals surface area contributed by atoms with Crippen LogP contribution in [0.2, 0.25) is 0 Å². The van der Waals surface area contributed by atoms with Crippen LogP contribution in [-0.2, 0) is 6.54 Å². The van der Waals surface area contributed by atoms with Crippen LogP contribution in [0.25, 0.3) is 0 Å². The lowest BCUT2D eigenvalue weighted by Gasteiger charge is -2.28. The molecule has 1 aromatic carbocycles. The predicted molar refractivity (Wildman–Crippen MR) is 60.6 cm³/mol. The Balaban J connectivity index is 1.92. The van der Waals surface area contributed by atoms with Crippen molar-refractivity contribution in [3.63, 3.8) is 0 Å². The number of nitrogens with zero attached hydrogens (tertiary/aromatic N) is 1. The van der Waals surface area contributed by atoms with Gasteiger partial charge in [0.25, 0.3) is 0 Å². The summed E-state index contributed by atoms with van der Waals surface area (Å²) in [6.45, 7) is 4.87. The summed E-state index contributed by atoms with van der Waals surface area (Å²) < 4.78 is 12.9. The first-order valence-electron chi connectivity index (χ1n) is 5.66. The average Bonchev–Trinajstić information content (AvgIpc) is 2.22. The van der Waals surface area contributed by atoms with Gasteiger partial charge >= 0.3 is 0 Å². The number of halogens is 1. The number of piperidine rings is 1. The van der Waals surface area contributed by atoms with Crippen molar-refractivity contribution in [3.8, 4) is 0 Å². The van der Waals surface area contributed by atoms with Gasteiger partial charge in [0.15, 0.2) is 0 Å². The summed E-state index contributed by atoms with van der Waals surface area (Å²) in [5.41, 5.74) is 2.64. The van der Waals surface area contributed by atoms with E-state index in [0.29, 0.717) is 12.8 Å². The zero-order valence-corrected chi connectivity index (χ0v) is 9.25. The van der Waals surface area contributed by atoms with Crippen LogP contribution in [0.1, 0.15) is 24.0 Å². The molecule has 0 amide bonds. The lowest BCUT2D eigenvalue weighted by Crippen LogP contribution is -2.33. The van der Waals surface area contributed by atoms with Gasteiger partial charge in [0.2, 0.25) is 0 Å². The molecule has 0 radical (unpaired) electrons. The van der Waals surface area contributed by atoms with Crippen molar-refractivity contribution >= 4 is 0 Å². The van der Waals surface area contributed by atoms with Crippen LogP contribution in [0.3, 0.4) is 0 Å². The highest BCUT2D eigenvalue weighted by Crippen LogP contribution is 2.16. The summed E-state index contributed by atoms with van der Waals surface area (Å²) in [5.74, 6) is 0. The molecule has 0 spiro atoms. The van der Waals surface area contributed by atoms with Crippen LogP contribution in [0, 0.1) is 6.92 Å². The van der Waals surface area contributed by atoms with Gasteiger partial charge < -0.3 is 0 Å². The highest BCUT2D eigenvalue weighted by atomic mass is 19.1. The molecule has 0 aliphatic carbocycles.